The van der Waals surface area contributed by atoms with Gasteiger partial charge in [-0.2, -0.15) is 0 Å². The first-order valence-corrected chi connectivity index (χ1v) is 6.19. The molecule has 90 valence electrons. The molecule has 1 saturated heterocycles. The molecule has 1 rings (SSSR count). The van der Waals surface area contributed by atoms with E-state index in [0.717, 1.165) is 19.7 Å². The van der Waals surface area contributed by atoms with Crippen LogP contribution in [-0.2, 0) is 4.74 Å². The van der Waals surface area contributed by atoms with Gasteiger partial charge in [0.2, 0.25) is 0 Å². The Morgan fingerprint density at radius 2 is 1.80 bits per heavy atom. The largest absolute Gasteiger partial charge is 0.383 e. The van der Waals surface area contributed by atoms with Crippen molar-refractivity contribution in [3.63, 3.8) is 0 Å². The Morgan fingerprint density at radius 3 is 2.27 bits per heavy atom. The zero-order valence-electron chi connectivity index (χ0n) is 10.5. The summed E-state index contributed by atoms with van der Waals surface area (Å²) in [6, 6.07) is 0.591. The molecule has 0 aliphatic carbocycles. The van der Waals surface area contributed by atoms with Gasteiger partial charge in [0.25, 0.3) is 0 Å². The number of rotatable bonds is 4. The summed E-state index contributed by atoms with van der Waals surface area (Å²) in [7, 11) is 1.81. The summed E-state index contributed by atoms with van der Waals surface area (Å²) in [5, 5.41) is 3.45. The van der Waals surface area contributed by atoms with Crippen LogP contribution in [0.2, 0.25) is 0 Å². The molecule has 1 N–H and O–H groups in total. The van der Waals surface area contributed by atoms with Crippen molar-refractivity contribution in [3.8, 4) is 0 Å². The zero-order chi connectivity index (χ0) is 11.1. The van der Waals surface area contributed by atoms with E-state index in [0.29, 0.717) is 12.0 Å². The van der Waals surface area contributed by atoms with Crippen molar-refractivity contribution in [2.75, 3.05) is 39.9 Å². The molecule has 0 saturated carbocycles. The Balaban J connectivity index is 2.46. The predicted octanol–water partition coefficient (Wildman–Crippen LogP) is 1.34. The van der Waals surface area contributed by atoms with Crippen molar-refractivity contribution in [3.05, 3.63) is 0 Å². The van der Waals surface area contributed by atoms with Gasteiger partial charge in [0.1, 0.15) is 0 Å². The highest BCUT2D eigenvalue weighted by Crippen LogP contribution is 2.13. The summed E-state index contributed by atoms with van der Waals surface area (Å²) in [5.41, 5.74) is 0. The molecule has 3 heteroatoms. The van der Waals surface area contributed by atoms with Crippen LogP contribution < -0.4 is 5.32 Å². The molecule has 0 radical (unpaired) electrons. The summed E-state index contributed by atoms with van der Waals surface area (Å²) in [5.74, 6) is 0.678. The van der Waals surface area contributed by atoms with Crippen molar-refractivity contribution < 1.29 is 4.74 Å². The van der Waals surface area contributed by atoms with Crippen molar-refractivity contribution in [2.45, 2.75) is 32.7 Å². The summed E-state index contributed by atoms with van der Waals surface area (Å²) >= 11 is 0. The number of nitrogens with one attached hydrogen (secondary N) is 1. The SMILES string of the molecule is COCC(C(C)C)N1CCCNCCC1. The molecule has 1 heterocycles. The van der Waals surface area contributed by atoms with Crippen LogP contribution in [0.5, 0.6) is 0 Å². The van der Waals surface area contributed by atoms with E-state index in [1.54, 1.807) is 7.11 Å². The number of methoxy groups -OCH3 is 1. The van der Waals surface area contributed by atoms with Crippen LogP contribution in [0.4, 0.5) is 0 Å². The van der Waals surface area contributed by atoms with Gasteiger partial charge < -0.3 is 10.1 Å². The first kappa shape index (κ1) is 12.9. The lowest BCUT2D eigenvalue weighted by Gasteiger charge is -2.35. The molecule has 1 atom stereocenters. The van der Waals surface area contributed by atoms with E-state index in [1.165, 1.54) is 25.9 Å². The van der Waals surface area contributed by atoms with E-state index in [2.05, 4.69) is 24.1 Å². The maximum absolute atomic E-state index is 5.33. The molecule has 3 nitrogen and oxygen atoms in total. The highest BCUT2D eigenvalue weighted by atomic mass is 16.5. The van der Waals surface area contributed by atoms with Crippen LogP contribution >= 0.6 is 0 Å². The second-order valence-corrected chi connectivity index (χ2v) is 4.76. The molecule has 0 spiro atoms. The Bertz CT molecular complexity index is 154. The molecule has 15 heavy (non-hydrogen) atoms. The topological polar surface area (TPSA) is 24.5 Å². The van der Waals surface area contributed by atoms with Crippen molar-refractivity contribution >= 4 is 0 Å². The Kier molecular flexibility index (Phi) is 6.22. The fourth-order valence-corrected chi connectivity index (χ4v) is 2.27. The number of nitrogens with zero attached hydrogens (tertiary/aromatic N) is 1. The molecular weight excluding hydrogens is 188 g/mol. The minimum atomic E-state index is 0.591. The highest BCUT2D eigenvalue weighted by Gasteiger charge is 2.21. The molecule has 1 fully saturated rings. The average molecular weight is 214 g/mol. The molecule has 1 aliphatic rings. The second-order valence-electron chi connectivity index (χ2n) is 4.76. The first-order valence-electron chi connectivity index (χ1n) is 6.19. The van der Waals surface area contributed by atoms with Crippen LogP contribution in [0.1, 0.15) is 26.7 Å². The second kappa shape index (κ2) is 7.20. The third kappa shape index (κ3) is 4.49. The van der Waals surface area contributed by atoms with E-state index < -0.39 is 0 Å². The number of hydrogen-bond acceptors (Lipinski definition) is 3. The maximum atomic E-state index is 5.33. The highest BCUT2D eigenvalue weighted by molar-refractivity contribution is 4.76. The Hall–Kier alpha value is -0.120. The minimum Gasteiger partial charge on any atom is -0.383 e. The predicted molar refractivity (Wildman–Crippen MR) is 64.2 cm³/mol. The van der Waals surface area contributed by atoms with Gasteiger partial charge in [0, 0.05) is 13.2 Å². The van der Waals surface area contributed by atoms with Gasteiger partial charge in [-0.3, -0.25) is 4.90 Å². The van der Waals surface area contributed by atoms with E-state index in [1.807, 2.05) is 0 Å². The summed E-state index contributed by atoms with van der Waals surface area (Å²) < 4.78 is 5.33. The Labute approximate surface area is 94.2 Å². The van der Waals surface area contributed by atoms with Crippen LogP contribution in [0, 0.1) is 5.92 Å². The summed E-state index contributed by atoms with van der Waals surface area (Å²) in [6.45, 7) is 10.2. The van der Waals surface area contributed by atoms with Crippen LogP contribution in [0.3, 0.4) is 0 Å². The van der Waals surface area contributed by atoms with Gasteiger partial charge in [0.05, 0.1) is 6.61 Å². The maximum Gasteiger partial charge on any atom is 0.0620 e. The zero-order valence-corrected chi connectivity index (χ0v) is 10.5. The normalized spacial score (nSPS) is 22.4. The van der Waals surface area contributed by atoms with Gasteiger partial charge >= 0.3 is 0 Å². The number of ether oxygens (including phenoxy) is 1. The van der Waals surface area contributed by atoms with Gasteiger partial charge in [-0.15, -0.1) is 0 Å². The van der Waals surface area contributed by atoms with Gasteiger partial charge in [-0.1, -0.05) is 13.8 Å². The molecule has 0 aromatic rings. The van der Waals surface area contributed by atoms with E-state index in [9.17, 15) is 0 Å². The summed E-state index contributed by atoms with van der Waals surface area (Å²) in [6.07, 6.45) is 2.51. The van der Waals surface area contributed by atoms with Crippen LogP contribution in [0.15, 0.2) is 0 Å². The van der Waals surface area contributed by atoms with Crippen LogP contribution in [0.25, 0.3) is 0 Å². The third-order valence-electron chi connectivity index (χ3n) is 3.17. The van der Waals surface area contributed by atoms with E-state index in [4.69, 9.17) is 4.74 Å². The van der Waals surface area contributed by atoms with Crippen molar-refractivity contribution in [1.82, 2.24) is 10.2 Å². The quantitative estimate of drug-likeness (QED) is 0.764. The summed E-state index contributed by atoms with van der Waals surface area (Å²) in [4.78, 5) is 2.61. The average Bonchev–Trinajstić information content (AvgIpc) is 2.14. The van der Waals surface area contributed by atoms with Gasteiger partial charge in [-0.25, -0.2) is 0 Å². The molecule has 1 unspecified atom stereocenters. The smallest absolute Gasteiger partial charge is 0.0620 e. The molecule has 0 bridgehead atoms. The fourth-order valence-electron chi connectivity index (χ4n) is 2.27. The van der Waals surface area contributed by atoms with Crippen molar-refractivity contribution in [1.29, 1.82) is 0 Å². The molecular formula is C12H26N2O. The third-order valence-corrected chi connectivity index (χ3v) is 3.17. The number of hydrogen-bond donors (Lipinski definition) is 1. The molecule has 0 aromatic carbocycles. The van der Waals surface area contributed by atoms with Crippen LogP contribution in [-0.4, -0.2) is 50.8 Å². The lowest BCUT2D eigenvalue weighted by atomic mass is 10.0. The van der Waals surface area contributed by atoms with Gasteiger partial charge in [-0.05, 0) is 44.9 Å². The van der Waals surface area contributed by atoms with Gasteiger partial charge in [0.15, 0.2) is 0 Å². The Morgan fingerprint density at radius 1 is 1.20 bits per heavy atom. The lowest BCUT2D eigenvalue weighted by Crippen LogP contribution is -2.45. The molecule has 0 aromatic heterocycles. The monoisotopic (exact) mass is 214 g/mol. The molecule has 0 amide bonds. The fraction of sp³-hybridized carbons (Fsp3) is 1.00. The first-order chi connectivity index (χ1) is 7.25. The standard InChI is InChI=1S/C12H26N2O/c1-11(2)12(10-15-3)14-8-4-6-13-7-5-9-14/h11-13H,4-10H2,1-3H3. The van der Waals surface area contributed by atoms with E-state index >= 15 is 0 Å². The minimum absolute atomic E-state index is 0.591. The van der Waals surface area contributed by atoms with Crippen molar-refractivity contribution in [2.24, 2.45) is 5.92 Å². The molecule has 1 aliphatic heterocycles. The lowest BCUT2D eigenvalue weighted by molar-refractivity contribution is 0.0602. The van der Waals surface area contributed by atoms with E-state index in [-0.39, 0.29) is 0 Å².